The molecule has 71 heavy (non-hydrogen) atoms. The first-order valence-corrected chi connectivity index (χ1v) is 24.3. The second-order valence-electron chi connectivity index (χ2n) is 17.4. The van der Waals surface area contributed by atoms with Gasteiger partial charge in [-0.3, -0.25) is 4.98 Å². The molecule has 8 aromatic carbocycles. The van der Waals surface area contributed by atoms with Crippen LogP contribution in [0.5, 0.6) is 0 Å². The minimum Gasteiger partial charge on any atom is -0.257 e. The van der Waals surface area contributed by atoms with Gasteiger partial charge in [-0.05, 0) is 58.1 Å². The Kier molecular flexibility index (Phi) is 10.3. The van der Waals surface area contributed by atoms with Crippen LogP contribution in [0.3, 0.4) is 0 Å². The van der Waals surface area contributed by atoms with Gasteiger partial charge in [0.15, 0.2) is 5.82 Å². The minimum atomic E-state index is 0.480. The number of hydrogen-bond donors (Lipinski definition) is 0. The summed E-state index contributed by atoms with van der Waals surface area (Å²) in [6.07, 6.45) is 0. The maximum absolute atomic E-state index is 8.84. The average Bonchev–Trinajstić information content (AvgIpc) is 3.95. The van der Waals surface area contributed by atoms with Gasteiger partial charge in [0.2, 0.25) is 5.69 Å². The summed E-state index contributed by atoms with van der Waals surface area (Å²) in [5, 5.41) is 3.72. The van der Waals surface area contributed by atoms with Crippen LogP contribution in [0.15, 0.2) is 231 Å². The van der Waals surface area contributed by atoms with E-state index in [0.29, 0.717) is 17.2 Å². The van der Waals surface area contributed by atoms with Crippen molar-refractivity contribution in [1.82, 2.24) is 24.9 Å². The summed E-state index contributed by atoms with van der Waals surface area (Å²) in [6, 6.07) is 78.9. The van der Waals surface area contributed by atoms with E-state index in [-0.39, 0.29) is 0 Å². The predicted octanol–water partition coefficient (Wildman–Crippen LogP) is 17.2. The lowest BCUT2D eigenvalue weighted by Crippen LogP contribution is -1.97. The lowest BCUT2D eigenvalue weighted by atomic mass is 9.94. The van der Waals surface area contributed by atoms with Crippen molar-refractivity contribution in [2.75, 3.05) is 0 Å². The van der Waals surface area contributed by atoms with Crippen LogP contribution in [0.4, 0.5) is 5.69 Å². The van der Waals surface area contributed by atoms with Crippen molar-refractivity contribution in [3.63, 3.8) is 0 Å². The molecule has 0 aliphatic rings. The summed E-state index contributed by atoms with van der Waals surface area (Å²) in [6.45, 7) is 8.84. The van der Waals surface area contributed by atoms with Crippen LogP contribution in [-0.2, 0) is 0 Å². The summed E-state index contributed by atoms with van der Waals surface area (Å²) in [7, 11) is 0. The predicted molar refractivity (Wildman–Crippen MR) is 293 cm³/mol. The Morgan fingerprint density at radius 1 is 0.324 bits per heavy atom. The molecule has 330 valence electrons. The van der Waals surface area contributed by atoms with E-state index in [9.17, 15) is 0 Å². The van der Waals surface area contributed by atoms with Gasteiger partial charge in [-0.15, -0.1) is 11.3 Å². The monoisotopic (exact) mass is 922 g/mol. The number of aromatic nitrogens is 5. The summed E-state index contributed by atoms with van der Waals surface area (Å²) in [4.78, 5) is 33.2. The van der Waals surface area contributed by atoms with E-state index >= 15 is 0 Å². The quantitative estimate of drug-likeness (QED) is 0.112. The minimum absolute atomic E-state index is 0.480. The zero-order chi connectivity index (χ0) is 47.3. The SMILES string of the molecule is [C-]#[N+]c1c(-c2ccccc2)nc2c(ccc3c(-c4ccccc4)cc(-c4ccccc4)nc32)c1-c1ccc(-c2nc(-c3ccccc3)nc3c2ccc2c(-c4ccccc4)cc(-c4ccccc4)nc23)s1. The fourth-order valence-electron chi connectivity index (χ4n) is 9.77. The Morgan fingerprint density at radius 3 is 1.24 bits per heavy atom. The van der Waals surface area contributed by atoms with E-state index in [2.05, 4.69) is 138 Å². The first-order valence-electron chi connectivity index (χ1n) is 23.4. The molecule has 5 heterocycles. The Hall–Kier alpha value is -9.48. The molecule has 0 N–H and O–H groups in total. The van der Waals surface area contributed by atoms with E-state index in [1.165, 1.54) is 0 Å². The van der Waals surface area contributed by atoms with Gasteiger partial charge >= 0.3 is 0 Å². The van der Waals surface area contributed by atoms with Gasteiger partial charge in [0, 0.05) is 48.7 Å². The van der Waals surface area contributed by atoms with Crippen molar-refractivity contribution in [1.29, 1.82) is 0 Å². The number of hydrogen-bond acceptors (Lipinski definition) is 6. The maximum atomic E-state index is 8.84. The second kappa shape index (κ2) is 17.6. The molecule has 0 aliphatic carbocycles. The van der Waals surface area contributed by atoms with E-state index in [1.54, 1.807) is 11.3 Å². The molecule has 0 saturated carbocycles. The Morgan fingerprint density at radius 2 is 0.732 bits per heavy atom. The lowest BCUT2D eigenvalue weighted by molar-refractivity contribution is 1.23. The van der Waals surface area contributed by atoms with Crippen LogP contribution in [-0.4, -0.2) is 24.9 Å². The molecular formula is C64H38N6S. The summed E-state index contributed by atoms with van der Waals surface area (Å²) >= 11 is 1.61. The van der Waals surface area contributed by atoms with Crippen LogP contribution in [0, 0.1) is 6.57 Å². The molecule has 0 amide bonds. The first kappa shape index (κ1) is 41.7. The standard InChI is InChI=1S/C64H38N6S/c1-65-63-56(48-34-32-46-50(40-20-8-2-9-21-40)38-52(42-24-12-4-13-25-42)66-59(46)61(48)68-57(63)44-28-16-6-17-29-44)54-36-37-55(71-54)58-49-35-33-47-51(41-22-10-3-11-23-41)39-53(43-26-14-5-15-27-43)67-60(47)62(49)70-64(69-58)45-30-18-7-19-31-45/h2-39H. The molecule has 7 heteroatoms. The molecule has 5 aromatic heterocycles. The molecule has 0 aliphatic heterocycles. The van der Waals surface area contributed by atoms with Gasteiger partial charge in [0.1, 0.15) is 5.52 Å². The highest BCUT2D eigenvalue weighted by Gasteiger charge is 2.25. The second-order valence-corrected chi connectivity index (χ2v) is 18.5. The number of thiophene rings is 1. The molecule has 6 nitrogen and oxygen atoms in total. The molecule has 0 fully saturated rings. The number of nitrogens with zero attached hydrogens (tertiary/aromatic N) is 6. The average molecular weight is 923 g/mol. The highest BCUT2D eigenvalue weighted by atomic mass is 32.1. The van der Waals surface area contributed by atoms with Crippen LogP contribution in [0.2, 0.25) is 0 Å². The van der Waals surface area contributed by atoms with E-state index < -0.39 is 0 Å². The first-order chi connectivity index (χ1) is 35.2. The molecule has 0 spiro atoms. The molecule has 13 aromatic rings. The Bertz CT molecular complexity index is 4200. The highest BCUT2D eigenvalue weighted by Crippen LogP contribution is 2.49. The highest BCUT2D eigenvalue weighted by molar-refractivity contribution is 7.19. The van der Waals surface area contributed by atoms with E-state index in [0.717, 1.165) is 121 Å². The van der Waals surface area contributed by atoms with Gasteiger partial charge in [-0.2, -0.15) is 0 Å². The van der Waals surface area contributed by atoms with Gasteiger partial charge in [-0.25, -0.2) is 24.8 Å². The zero-order valence-corrected chi connectivity index (χ0v) is 38.8. The van der Waals surface area contributed by atoms with Crippen molar-refractivity contribution < 1.29 is 0 Å². The largest absolute Gasteiger partial charge is 0.257 e. The fraction of sp³-hybridized carbons (Fsp3) is 0. The molecule has 0 saturated heterocycles. The van der Waals surface area contributed by atoms with Crippen LogP contribution < -0.4 is 0 Å². The molecule has 0 radical (unpaired) electrons. The topological polar surface area (TPSA) is 68.8 Å². The molecular weight excluding hydrogens is 885 g/mol. The fourth-order valence-corrected chi connectivity index (χ4v) is 10.8. The van der Waals surface area contributed by atoms with Crippen molar-refractivity contribution >= 4 is 60.6 Å². The summed E-state index contributed by atoms with van der Waals surface area (Å²) in [5.74, 6) is 0.604. The van der Waals surface area contributed by atoms with E-state index in [1.807, 2.05) is 97.1 Å². The van der Waals surface area contributed by atoms with Gasteiger partial charge in [0.25, 0.3) is 0 Å². The summed E-state index contributed by atoms with van der Waals surface area (Å²) < 4.78 is 0. The number of rotatable bonds is 8. The third-order valence-corrected chi connectivity index (χ3v) is 14.2. The Labute approximate surface area is 413 Å². The van der Waals surface area contributed by atoms with Gasteiger partial charge in [0.05, 0.1) is 50.8 Å². The third-order valence-electron chi connectivity index (χ3n) is 13.1. The van der Waals surface area contributed by atoms with Crippen molar-refractivity contribution in [2.24, 2.45) is 0 Å². The van der Waals surface area contributed by atoms with Crippen molar-refractivity contribution in [3.05, 3.63) is 242 Å². The zero-order valence-electron chi connectivity index (χ0n) is 38.0. The van der Waals surface area contributed by atoms with Crippen molar-refractivity contribution in [2.45, 2.75) is 0 Å². The molecule has 0 unspecified atom stereocenters. The lowest BCUT2D eigenvalue weighted by Gasteiger charge is -2.16. The van der Waals surface area contributed by atoms with Crippen LogP contribution in [0.25, 0.3) is 137 Å². The number of pyridine rings is 3. The molecule has 13 rings (SSSR count). The maximum Gasteiger partial charge on any atom is 0.222 e. The normalized spacial score (nSPS) is 11.4. The van der Waals surface area contributed by atoms with Crippen LogP contribution in [0.1, 0.15) is 0 Å². The van der Waals surface area contributed by atoms with Crippen LogP contribution >= 0.6 is 11.3 Å². The van der Waals surface area contributed by atoms with Gasteiger partial charge < -0.3 is 0 Å². The molecule has 0 bridgehead atoms. The third kappa shape index (κ3) is 7.39. The van der Waals surface area contributed by atoms with E-state index in [4.69, 9.17) is 31.5 Å². The Balaban J connectivity index is 1.08. The smallest absolute Gasteiger partial charge is 0.222 e. The molecule has 0 atom stereocenters. The number of benzene rings is 8. The summed E-state index contributed by atoms with van der Waals surface area (Å²) in [5.41, 5.74) is 15.6. The number of fused-ring (bicyclic) bond motifs is 6. The van der Waals surface area contributed by atoms with Crippen molar-refractivity contribution in [3.8, 4) is 88.4 Å². The van der Waals surface area contributed by atoms with Gasteiger partial charge in [-0.1, -0.05) is 200 Å².